The van der Waals surface area contributed by atoms with E-state index in [1.165, 1.54) is 0 Å². The maximum atomic E-state index is 15.1. The number of carbonyl (C=O) groups excluding carboxylic acids is 2. The summed E-state index contributed by atoms with van der Waals surface area (Å²) in [6, 6.07) is 18.8. The number of ether oxygens (including phenoxy) is 3. The van der Waals surface area contributed by atoms with Gasteiger partial charge in [-0.15, -0.1) is 5.10 Å². The molecule has 15 heteroatoms. The fourth-order valence-electron chi connectivity index (χ4n) is 9.20. The van der Waals surface area contributed by atoms with Crippen molar-refractivity contribution in [1.29, 1.82) is 0 Å². The normalized spacial score (nSPS) is 22.8. The fourth-order valence-corrected chi connectivity index (χ4v) is 11.8. The van der Waals surface area contributed by atoms with Gasteiger partial charge in [-0.05, 0) is 112 Å². The first-order chi connectivity index (χ1) is 27.9. The first-order valence-electron chi connectivity index (χ1n) is 20.4. The molecule has 1 fully saturated rings. The number of hydrogen-bond acceptors (Lipinski definition) is 11. The lowest BCUT2D eigenvalue weighted by atomic mass is 9.82. The highest BCUT2D eigenvalue weighted by molar-refractivity contribution is 6.71. The van der Waals surface area contributed by atoms with Crippen molar-refractivity contribution in [2.75, 3.05) is 43.3 Å². The lowest BCUT2D eigenvalue weighted by Gasteiger charge is -2.35. The van der Waals surface area contributed by atoms with Crippen molar-refractivity contribution >= 4 is 37.2 Å². The number of benzene rings is 3. The molecule has 4 heterocycles. The summed E-state index contributed by atoms with van der Waals surface area (Å²) in [4.78, 5) is 44.4. The number of aromatic nitrogens is 3. The van der Waals surface area contributed by atoms with E-state index in [1.807, 2.05) is 93.8 Å². The zero-order valence-corrected chi connectivity index (χ0v) is 35.1. The van der Waals surface area contributed by atoms with Crippen molar-refractivity contribution in [3.63, 3.8) is 0 Å². The minimum absolute atomic E-state index is 0.0172. The van der Waals surface area contributed by atoms with Crippen LogP contribution in [0.15, 0.2) is 66.9 Å². The Morgan fingerprint density at radius 1 is 1.00 bits per heavy atom. The lowest BCUT2D eigenvalue weighted by Crippen LogP contribution is -2.49. The van der Waals surface area contributed by atoms with Crippen LogP contribution in [-0.4, -0.2) is 95.8 Å². The van der Waals surface area contributed by atoms with Gasteiger partial charge in [0.05, 0.1) is 49.5 Å². The van der Waals surface area contributed by atoms with Gasteiger partial charge in [0.1, 0.15) is 11.5 Å². The standard InChI is InChI=1S/C43H56N6O8Si/c1-6-56-34-14-15-37-30(23-34)24-36(44-19-7-8-21-50)41(52)49(37)32-11-9-29(10-12-32)26-48-38-16-13-33(55-3)25-35(38)43(42(48)53)28(2)40(58(4,5)54)39(57-43)17-20-47-27-31(18-22-51)45-46-47/h9-16,23,25,27-28,36,39-40,44,50-51,54H,6-8,17-22,24,26H2,1-5H3/t28-,36?,39+,40-,43+/m1/s1. The van der Waals surface area contributed by atoms with Crippen LogP contribution in [0.4, 0.5) is 17.1 Å². The first-order valence-corrected chi connectivity index (χ1v) is 23.4. The molecule has 3 aliphatic rings. The third-order valence-corrected chi connectivity index (χ3v) is 14.3. The minimum Gasteiger partial charge on any atom is -0.497 e. The first kappa shape index (κ1) is 41.5. The summed E-state index contributed by atoms with van der Waals surface area (Å²) >= 11 is 0. The van der Waals surface area contributed by atoms with Gasteiger partial charge >= 0.3 is 0 Å². The summed E-state index contributed by atoms with van der Waals surface area (Å²) in [7, 11) is -1.30. The van der Waals surface area contributed by atoms with E-state index in [9.17, 15) is 19.8 Å². The molecule has 4 aromatic rings. The number of aliphatic hydroxyl groups is 2. The predicted octanol–water partition coefficient (Wildman–Crippen LogP) is 4.61. The quantitative estimate of drug-likeness (QED) is 0.0868. The van der Waals surface area contributed by atoms with Crippen LogP contribution in [0.2, 0.25) is 18.6 Å². The van der Waals surface area contributed by atoms with Crippen molar-refractivity contribution in [3.05, 3.63) is 89.2 Å². The average molecular weight is 813 g/mol. The highest BCUT2D eigenvalue weighted by Crippen LogP contribution is 2.60. The molecule has 58 heavy (non-hydrogen) atoms. The zero-order chi connectivity index (χ0) is 41.2. The monoisotopic (exact) mass is 812 g/mol. The predicted molar refractivity (Wildman–Crippen MR) is 222 cm³/mol. The smallest absolute Gasteiger partial charge is 0.264 e. The largest absolute Gasteiger partial charge is 0.497 e. The molecule has 310 valence electrons. The number of methoxy groups -OCH3 is 1. The number of nitrogens with one attached hydrogen (secondary N) is 1. The summed E-state index contributed by atoms with van der Waals surface area (Å²) in [5, 5.41) is 30.4. The molecule has 1 aromatic heterocycles. The van der Waals surface area contributed by atoms with Crippen LogP contribution in [0.25, 0.3) is 0 Å². The molecule has 0 radical (unpaired) electrons. The molecule has 0 aliphatic carbocycles. The maximum absolute atomic E-state index is 15.1. The molecule has 4 N–H and O–H groups in total. The molecule has 0 bridgehead atoms. The van der Waals surface area contributed by atoms with Crippen LogP contribution in [0.1, 0.15) is 55.5 Å². The summed E-state index contributed by atoms with van der Waals surface area (Å²) in [5.74, 6) is 0.753. The van der Waals surface area contributed by atoms with Crippen molar-refractivity contribution < 1.29 is 38.8 Å². The molecule has 5 atom stereocenters. The maximum Gasteiger partial charge on any atom is 0.264 e. The second-order valence-corrected chi connectivity index (χ2v) is 20.0. The number of rotatable bonds is 17. The van der Waals surface area contributed by atoms with Gasteiger partial charge in [0, 0.05) is 55.1 Å². The molecular weight excluding hydrogens is 757 g/mol. The van der Waals surface area contributed by atoms with Gasteiger partial charge < -0.3 is 39.4 Å². The number of hydrogen-bond donors (Lipinski definition) is 4. The van der Waals surface area contributed by atoms with E-state index in [4.69, 9.17) is 14.2 Å². The van der Waals surface area contributed by atoms with Gasteiger partial charge in [0.25, 0.3) is 5.91 Å². The topological polar surface area (TPSA) is 172 Å². The highest BCUT2D eigenvalue weighted by Gasteiger charge is 2.66. The summed E-state index contributed by atoms with van der Waals surface area (Å²) < 4.78 is 20.2. The van der Waals surface area contributed by atoms with E-state index in [1.54, 1.807) is 21.6 Å². The van der Waals surface area contributed by atoms with Crippen molar-refractivity contribution in [2.45, 2.75) is 95.4 Å². The van der Waals surface area contributed by atoms with Gasteiger partial charge in [-0.25, -0.2) is 0 Å². The van der Waals surface area contributed by atoms with Crippen LogP contribution in [0.5, 0.6) is 11.5 Å². The van der Waals surface area contributed by atoms with E-state index < -0.39 is 26.1 Å². The molecule has 14 nitrogen and oxygen atoms in total. The van der Waals surface area contributed by atoms with E-state index >= 15 is 4.79 Å². The molecule has 1 spiro atoms. The van der Waals surface area contributed by atoms with Crippen molar-refractivity contribution in [3.8, 4) is 11.5 Å². The fraction of sp³-hybridized carbons (Fsp3) is 0.488. The van der Waals surface area contributed by atoms with Crippen molar-refractivity contribution in [1.82, 2.24) is 20.3 Å². The molecule has 3 aromatic carbocycles. The third kappa shape index (κ3) is 7.90. The second kappa shape index (κ2) is 17.3. The Kier molecular flexibility index (Phi) is 12.4. The van der Waals surface area contributed by atoms with Crippen LogP contribution in [-0.2, 0) is 45.9 Å². The zero-order valence-electron chi connectivity index (χ0n) is 34.1. The third-order valence-electron chi connectivity index (χ3n) is 11.8. The number of unbranched alkanes of at least 4 members (excludes halogenated alkanes) is 1. The average Bonchev–Trinajstić information content (AvgIpc) is 3.85. The Morgan fingerprint density at radius 2 is 1.76 bits per heavy atom. The molecule has 7 rings (SSSR count). The molecule has 1 unspecified atom stereocenters. The van der Waals surface area contributed by atoms with Crippen LogP contribution in [0.3, 0.4) is 0 Å². The molecule has 3 aliphatic heterocycles. The Labute approximate surface area is 340 Å². The number of carbonyl (C=O) groups is 2. The molecule has 1 saturated heterocycles. The van der Waals surface area contributed by atoms with Crippen LogP contribution < -0.4 is 24.6 Å². The van der Waals surface area contributed by atoms with Gasteiger partial charge in [0.2, 0.25) is 5.91 Å². The number of nitrogens with zero attached hydrogens (tertiary/aromatic N) is 5. The number of anilines is 3. The summed E-state index contributed by atoms with van der Waals surface area (Å²) in [5.41, 5.74) is 3.90. The number of amides is 2. The molecule has 0 saturated carbocycles. The summed E-state index contributed by atoms with van der Waals surface area (Å²) in [6.07, 6.45) is 4.24. The van der Waals surface area contributed by atoms with E-state index in [0.717, 1.165) is 40.2 Å². The van der Waals surface area contributed by atoms with Crippen LogP contribution >= 0.6 is 0 Å². The lowest BCUT2D eigenvalue weighted by molar-refractivity contribution is -0.146. The van der Waals surface area contributed by atoms with Gasteiger partial charge in [-0.1, -0.05) is 24.3 Å². The van der Waals surface area contributed by atoms with Gasteiger partial charge in [0.15, 0.2) is 13.9 Å². The van der Waals surface area contributed by atoms with E-state index in [0.29, 0.717) is 62.5 Å². The molecule has 2 amide bonds. The van der Waals surface area contributed by atoms with E-state index in [2.05, 4.69) is 15.6 Å². The number of fused-ring (bicyclic) bond motifs is 3. The minimum atomic E-state index is -2.90. The van der Waals surface area contributed by atoms with Gasteiger partial charge in [-0.2, -0.15) is 0 Å². The SMILES string of the molecule is CCOc1ccc2c(c1)CC(NCCCCO)C(=O)N2c1ccc(CN2C(=O)[C@@]3(O[C@@H](CCn4cc(CCO)nn4)[C@H]([Si](C)(C)O)[C@H]3C)c3cc(OC)ccc32)cc1. The van der Waals surface area contributed by atoms with E-state index in [-0.39, 0.29) is 43.0 Å². The summed E-state index contributed by atoms with van der Waals surface area (Å²) in [6.45, 7) is 9.74. The molecular formula is C43H56N6O8Si. The van der Waals surface area contributed by atoms with Crippen LogP contribution in [0, 0.1) is 5.92 Å². The highest BCUT2D eigenvalue weighted by atomic mass is 28.4. The number of aliphatic hydroxyl groups excluding tert-OH is 2. The Morgan fingerprint density at radius 3 is 2.47 bits per heavy atom. The Bertz CT molecular complexity index is 2090. The second-order valence-electron chi connectivity index (χ2n) is 16.1. The van der Waals surface area contributed by atoms with Crippen molar-refractivity contribution in [2.24, 2.45) is 5.92 Å². The Hall–Kier alpha value is -4.64. The number of aryl methyl sites for hydroxylation is 1. The van der Waals surface area contributed by atoms with Gasteiger partial charge in [-0.3, -0.25) is 19.2 Å². The Balaban J connectivity index is 1.17.